The normalized spacial score (nSPS) is 11.5. The average Bonchev–Trinajstić information content (AvgIpc) is 2.61. The Morgan fingerprint density at radius 2 is 1.88 bits per heavy atom. The van der Waals surface area contributed by atoms with Gasteiger partial charge in [0.2, 0.25) is 5.91 Å². The molecule has 2 aromatic rings. The van der Waals surface area contributed by atoms with Crippen LogP contribution in [-0.4, -0.2) is 42.6 Å². The second kappa shape index (κ2) is 8.82. The van der Waals surface area contributed by atoms with E-state index in [4.69, 9.17) is 9.47 Å². The molecule has 25 heavy (non-hydrogen) atoms. The summed E-state index contributed by atoms with van der Waals surface area (Å²) in [7, 11) is 3.47. The van der Waals surface area contributed by atoms with Crippen molar-refractivity contribution in [1.29, 1.82) is 0 Å². The van der Waals surface area contributed by atoms with Gasteiger partial charge in [0.1, 0.15) is 5.75 Å². The van der Waals surface area contributed by atoms with Crippen molar-refractivity contribution in [2.75, 3.05) is 20.7 Å². The highest BCUT2D eigenvalue weighted by molar-refractivity contribution is 5.83. The first kappa shape index (κ1) is 18.4. The molecule has 6 heteroatoms. The van der Waals surface area contributed by atoms with Crippen LogP contribution in [-0.2, 0) is 16.0 Å². The Kier molecular flexibility index (Phi) is 6.51. The van der Waals surface area contributed by atoms with Gasteiger partial charge < -0.3 is 14.4 Å². The lowest BCUT2D eigenvalue weighted by Gasteiger charge is -2.21. The minimum absolute atomic E-state index is 0.00270. The number of aromatic nitrogens is 1. The third-order valence-corrected chi connectivity index (χ3v) is 3.65. The molecule has 0 saturated heterocycles. The van der Waals surface area contributed by atoms with E-state index in [0.29, 0.717) is 12.2 Å². The fourth-order valence-corrected chi connectivity index (χ4v) is 2.43. The van der Waals surface area contributed by atoms with E-state index in [1.54, 1.807) is 62.6 Å². The zero-order chi connectivity index (χ0) is 18.2. The summed E-state index contributed by atoms with van der Waals surface area (Å²) < 4.78 is 9.79. The molecule has 0 spiro atoms. The Morgan fingerprint density at radius 3 is 2.44 bits per heavy atom. The standard InChI is InChI=1S/C19H22N2O4/c1-4-24-19(23)25-16-9-7-15(8-10-16)17(18(22)21(2)3)12-14-6-5-11-20-13-14/h5-11,13,17H,4,12H2,1-3H3. The highest BCUT2D eigenvalue weighted by Crippen LogP contribution is 2.25. The Labute approximate surface area is 147 Å². The van der Waals surface area contributed by atoms with E-state index < -0.39 is 6.16 Å². The van der Waals surface area contributed by atoms with Crippen LogP contribution < -0.4 is 4.74 Å². The van der Waals surface area contributed by atoms with Crippen LogP contribution >= 0.6 is 0 Å². The number of pyridine rings is 1. The summed E-state index contributed by atoms with van der Waals surface area (Å²) in [6.07, 6.45) is 3.26. The van der Waals surface area contributed by atoms with E-state index >= 15 is 0 Å². The zero-order valence-corrected chi connectivity index (χ0v) is 14.6. The van der Waals surface area contributed by atoms with E-state index in [-0.39, 0.29) is 18.4 Å². The molecule has 1 atom stereocenters. The molecule has 1 unspecified atom stereocenters. The smallest absolute Gasteiger partial charge is 0.434 e. The molecule has 0 saturated carbocycles. The maximum atomic E-state index is 12.6. The molecule has 1 aromatic carbocycles. The van der Waals surface area contributed by atoms with Gasteiger partial charge in [-0.15, -0.1) is 0 Å². The molecule has 0 aliphatic carbocycles. The Morgan fingerprint density at radius 1 is 1.16 bits per heavy atom. The molecule has 0 radical (unpaired) electrons. The fraction of sp³-hybridized carbons (Fsp3) is 0.316. The van der Waals surface area contributed by atoms with E-state index in [1.807, 2.05) is 12.1 Å². The molecule has 0 bridgehead atoms. The van der Waals surface area contributed by atoms with Crippen molar-refractivity contribution in [2.24, 2.45) is 0 Å². The Hall–Kier alpha value is -2.89. The minimum Gasteiger partial charge on any atom is -0.434 e. The van der Waals surface area contributed by atoms with Gasteiger partial charge in [0, 0.05) is 26.5 Å². The number of carbonyl (C=O) groups is 2. The third-order valence-electron chi connectivity index (χ3n) is 3.65. The molecule has 0 aliphatic rings. The molecule has 1 heterocycles. The van der Waals surface area contributed by atoms with Crippen molar-refractivity contribution in [3.05, 3.63) is 59.9 Å². The molecule has 1 amide bonds. The molecule has 0 fully saturated rings. The molecule has 6 nitrogen and oxygen atoms in total. The summed E-state index contributed by atoms with van der Waals surface area (Å²) >= 11 is 0. The molecule has 0 N–H and O–H groups in total. The predicted molar refractivity (Wildman–Crippen MR) is 93.5 cm³/mol. The van der Waals surface area contributed by atoms with Crippen molar-refractivity contribution in [2.45, 2.75) is 19.3 Å². The monoisotopic (exact) mass is 342 g/mol. The van der Waals surface area contributed by atoms with Crippen LogP contribution in [0.3, 0.4) is 0 Å². The van der Waals surface area contributed by atoms with Crippen molar-refractivity contribution < 1.29 is 19.1 Å². The first-order chi connectivity index (χ1) is 12.0. The van der Waals surface area contributed by atoms with Crippen LogP contribution in [0, 0.1) is 0 Å². The van der Waals surface area contributed by atoms with Gasteiger partial charge in [-0.1, -0.05) is 18.2 Å². The van der Waals surface area contributed by atoms with Crippen molar-refractivity contribution in [3.8, 4) is 5.75 Å². The number of hydrogen-bond donors (Lipinski definition) is 0. The van der Waals surface area contributed by atoms with Crippen LogP contribution in [0.15, 0.2) is 48.8 Å². The lowest BCUT2D eigenvalue weighted by atomic mass is 9.91. The summed E-state index contributed by atoms with van der Waals surface area (Å²) in [6.45, 7) is 1.96. The number of carbonyl (C=O) groups excluding carboxylic acids is 2. The SMILES string of the molecule is CCOC(=O)Oc1ccc(C(Cc2cccnc2)C(=O)N(C)C)cc1. The maximum absolute atomic E-state index is 12.6. The zero-order valence-electron chi connectivity index (χ0n) is 14.6. The number of rotatable bonds is 6. The third kappa shape index (κ3) is 5.31. The van der Waals surface area contributed by atoms with Crippen LogP contribution in [0.4, 0.5) is 4.79 Å². The molecule has 132 valence electrons. The summed E-state index contributed by atoms with van der Waals surface area (Å²) in [6, 6.07) is 10.7. The van der Waals surface area contributed by atoms with Crippen LogP contribution in [0.5, 0.6) is 5.75 Å². The quantitative estimate of drug-likeness (QED) is 0.596. The van der Waals surface area contributed by atoms with Crippen LogP contribution in [0.25, 0.3) is 0 Å². The largest absolute Gasteiger partial charge is 0.513 e. The first-order valence-corrected chi connectivity index (χ1v) is 8.06. The van der Waals surface area contributed by atoms with Gasteiger partial charge in [-0.05, 0) is 42.7 Å². The fourth-order valence-electron chi connectivity index (χ4n) is 2.43. The minimum atomic E-state index is -0.744. The Bertz CT molecular complexity index is 699. The van der Waals surface area contributed by atoms with E-state index in [9.17, 15) is 9.59 Å². The summed E-state index contributed by atoms with van der Waals surface area (Å²) in [4.78, 5) is 29.6. The average molecular weight is 342 g/mol. The molecule has 1 aromatic heterocycles. The lowest BCUT2D eigenvalue weighted by molar-refractivity contribution is -0.130. The van der Waals surface area contributed by atoms with Gasteiger partial charge in [0.25, 0.3) is 0 Å². The molecule has 0 aliphatic heterocycles. The summed E-state index contributed by atoms with van der Waals surface area (Å²) in [5.74, 6) is 0.0402. The topological polar surface area (TPSA) is 68.7 Å². The van der Waals surface area contributed by atoms with Crippen molar-refractivity contribution in [3.63, 3.8) is 0 Å². The second-order valence-electron chi connectivity index (χ2n) is 5.70. The van der Waals surface area contributed by atoms with Gasteiger partial charge in [0.15, 0.2) is 0 Å². The van der Waals surface area contributed by atoms with Gasteiger partial charge in [0.05, 0.1) is 12.5 Å². The maximum Gasteiger partial charge on any atom is 0.513 e. The number of likely N-dealkylation sites (N-methyl/N-ethyl adjacent to an activating group) is 1. The van der Waals surface area contributed by atoms with E-state index in [0.717, 1.165) is 11.1 Å². The van der Waals surface area contributed by atoms with Crippen molar-refractivity contribution >= 4 is 12.1 Å². The van der Waals surface area contributed by atoms with Gasteiger partial charge >= 0.3 is 6.16 Å². The highest BCUT2D eigenvalue weighted by atomic mass is 16.7. The van der Waals surface area contributed by atoms with Gasteiger partial charge in [-0.25, -0.2) is 4.79 Å². The summed E-state index contributed by atoms with van der Waals surface area (Å²) in [5.41, 5.74) is 1.83. The number of hydrogen-bond acceptors (Lipinski definition) is 5. The van der Waals surface area contributed by atoms with E-state index in [1.165, 1.54) is 0 Å². The molecular formula is C19H22N2O4. The second-order valence-corrected chi connectivity index (χ2v) is 5.70. The van der Waals surface area contributed by atoms with E-state index in [2.05, 4.69) is 4.98 Å². The first-order valence-electron chi connectivity index (χ1n) is 8.06. The van der Waals surface area contributed by atoms with Crippen molar-refractivity contribution in [1.82, 2.24) is 9.88 Å². The predicted octanol–water partition coefficient (Wildman–Crippen LogP) is 3.03. The number of amides is 1. The van der Waals surface area contributed by atoms with Crippen LogP contribution in [0.2, 0.25) is 0 Å². The summed E-state index contributed by atoms with van der Waals surface area (Å²) in [5, 5.41) is 0. The lowest BCUT2D eigenvalue weighted by Crippen LogP contribution is -2.29. The highest BCUT2D eigenvalue weighted by Gasteiger charge is 2.23. The molecule has 2 rings (SSSR count). The van der Waals surface area contributed by atoms with Gasteiger partial charge in [-0.2, -0.15) is 0 Å². The Balaban J connectivity index is 2.19. The number of ether oxygens (including phenoxy) is 2. The molecular weight excluding hydrogens is 320 g/mol. The van der Waals surface area contributed by atoms with Gasteiger partial charge in [-0.3, -0.25) is 9.78 Å². The number of nitrogens with zero attached hydrogens (tertiary/aromatic N) is 2. The van der Waals surface area contributed by atoms with Crippen LogP contribution in [0.1, 0.15) is 24.0 Å². The number of benzene rings is 1.